The van der Waals surface area contributed by atoms with Gasteiger partial charge in [0.15, 0.2) is 0 Å². The number of aromatic nitrogens is 3. The number of ether oxygens (including phenoxy) is 1. The molecule has 37 heavy (non-hydrogen) atoms. The van der Waals surface area contributed by atoms with Gasteiger partial charge in [0.1, 0.15) is 12.5 Å². The van der Waals surface area contributed by atoms with Crippen molar-refractivity contribution in [2.75, 3.05) is 24.2 Å². The van der Waals surface area contributed by atoms with Gasteiger partial charge in [0.05, 0.1) is 29.0 Å². The molecule has 0 atom stereocenters. The molecule has 4 rings (SSSR count). The van der Waals surface area contributed by atoms with Gasteiger partial charge in [-0.2, -0.15) is 5.10 Å². The summed E-state index contributed by atoms with van der Waals surface area (Å²) in [4.78, 5) is 32.0. The summed E-state index contributed by atoms with van der Waals surface area (Å²) in [6.45, 7) is 10.2. The van der Waals surface area contributed by atoms with Gasteiger partial charge in [-0.25, -0.2) is 9.67 Å². The Morgan fingerprint density at radius 1 is 1.08 bits per heavy atom. The second kappa shape index (κ2) is 11.1. The third-order valence-electron chi connectivity index (χ3n) is 6.27. The lowest BCUT2D eigenvalue weighted by Crippen LogP contribution is -2.39. The fourth-order valence-electron chi connectivity index (χ4n) is 4.12. The van der Waals surface area contributed by atoms with E-state index < -0.39 is 19.9 Å². The summed E-state index contributed by atoms with van der Waals surface area (Å²) < 4.78 is 7.48. The molecule has 0 spiro atoms. The molecule has 9 nitrogen and oxygen atoms in total. The Hall–Kier alpha value is -3.76. The lowest BCUT2D eigenvalue weighted by molar-refractivity contribution is -0.143. The number of anilines is 2. The predicted molar refractivity (Wildman–Crippen MR) is 150 cm³/mol. The second-order valence-electron chi connectivity index (χ2n) is 10.2. The highest BCUT2D eigenvalue weighted by Gasteiger charge is 2.24. The highest BCUT2D eigenvalue weighted by atomic mass is 28.3. The number of nitrogen functional groups attached to an aromatic ring is 1. The van der Waals surface area contributed by atoms with E-state index in [1.54, 1.807) is 10.9 Å². The summed E-state index contributed by atoms with van der Waals surface area (Å²) in [5.74, 6) is -1.08. The summed E-state index contributed by atoms with van der Waals surface area (Å²) >= 11 is 0. The molecule has 10 heteroatoms. The Balaban J connectivity index is 1.52. The first-order valence-corrected chi connectivity index (χ1v) is 16.1. The van der Waals surface area contributed by atoms with Crippen LogP contribution in [0.25, 0.3) is 21.7 Å². The van der Waals surface area contributed by atoms with Crippen LogP contribution in [0.3, 0.4) is 0 Å². The highest BCUT2D eigenvalue weighted by molar-refractivity contribution is 6.76. The molecule has 0 fully saturated rings. The van der Waals surface area contributed by atoms with Crippen LogP contribution >= 0.6 is 0 Å². The molecule has 0 radical (unpaired) electrons. The molecule has 194 valence electrons. The van der Waals surface area contributed by atoms with E-state index in [0.717, 1.165) is 22.4 Å². The number of hydrogen-bond acceptors (Lipinski definition) is 6. The molecule has 4 aromatic rings. The van der Waals surface area contributed by atoms with E-state index >= 15 is 0 Å². The van der Waals surface area contributed by atoms with E-state index in [4.69, 9.17) is 10.5 Å². The summed E-state index contributed by atoms with van der Waals surface area (Å²) in [6.07, 6.45) is 3.04. The molecular formula is C27H34N6O3Si. The van der Waals surface area contributed by atoms with Gasteiger partial charge in [0.2, 0.25) is 0 Å². The summed E-state index contributed by atoms with van der Waals surface area (Å²) in [7, 11) is -1.23. The molecule has 3 N–H and O–H groups in total. The van der Waals surface area contributed by atoms with Crippen LogP contribution in [0.2, 0.25) is 25.7 Å². The molecule has 2 aromatic heterocycles. The number of fused-ring (bicyclic) bond motifs is 2. The first-order valence-electron chi connectivity index (χ1n) is 12.4. The molecule has 0 saturated heterocycles. The molecule has 0 aliphatic carbocycles. The number of amides is 2. The molecule has 0 aliphatic rings. The Morgan fingerprint density at radius 3 is 2.59 bits per heavy atom. The molecule has 0 aliphatic heterocycles. The maximum atomic E-state index is 13.2. The van der Waals surface area contributed by atoms with Crippen molar-refractivity contribution in [2.45, 2.75) is 45.9 Å². The minimum absolute atomic E-state index is 0.205. The Labute approximate surface area is 217 Å². The molecule has 0 saturated carbocycles. The van der Waals surface area contributed by atoms with E-state index in [1.165, 1.54) is 11.1 Å². The van der Waals surface area contributed by atoms with Crippen molar-refractivity contribution in [1.82, 2.24) is 19.7 Å². The molecule has 0 bridgehead atoms. The number of likely N-dealkylation sites (N-methyl/N-ethyl adjacent to an activating group) is 1. The fraction of sp³-hybridized carbons (Fsp3) is 0.333. The highest BCUT2D eigenvalue weighted by Crippen LogP contribution is 2.27. The average molecular weight is 519 g/mol. The number of pyridine rings is 1. The zero-order valence-corrected chi connectivity index (χ0v) is 22.8. The van der Waals surface area contributed by atoms with Gasteiger partial charge in [-0.1, -0.05) is 62.1 Å². The van der Waals surface area contributed by atoms with Gasteiger partial charge in [-0.15, -0.1) is 0 Å². The number of hydrogen-bond donors (Lipinski definition) is 2. The average Bonchev–Trinajstić information content (AvgIpc) is 3.31. The van der Waals surface area contributed by atoms with Crippen molar-refractivity contribution in [3.8, 4) is 0 Å². The van der Waals surface area contributed by atoms with Gasteiger partial charge in [-0.05, 0) is 29.3 Å². The van der Waals surface area contributed by atoms with Crippen LogP contribution in [0.15, 0.2) is 54.9 Å². The van der Waals surface area contributed by atoms with Crippen molar-refractivity contribution in [2.24, 2.45) is 0 Å². The van der Waals surface area contributed by atoms with Crippen molar-refractivity contribution in [1.29, 1.82) is 0 Å². The van der Waals surface area contributed by atoms with Crippen LogP contribution in [0, 0.1) is 0 Å². The minimum Gasteiger partial charge on any atom is -0.383 e. The Bertz CT molecular complexity index is 1420. The summed E-state index contributed by atoms with van der Waals surface area (Å²) in [6, 6.07) is 15.0. The lowest BCUT2D eigenvalue weighted by Gasteiger charge is -2.21. The summed E-state index contributed by atoms with van der Waals surface area (Å²) in [5.41, 5.74) is 7.96. The smallest absolute Gasteiger partial charge is 0.314 e. The second-order valence-corrected chi connectivity index (χ2v) is 15.8. The number of rotatable bonds is 9. The SMILES string of the molecule is CCN(Cc1cccc2ccccc12)C(=O)C(=O)Nc1cnc(N)c2cnn(COCC[Si](C)(C)C)c12. The number of carbonyl (C=O) groups is 2. The zero-order chi connectivity index (χ0) is 26.6. The molecule has 2 heterocycles. The van der Waals surface area contributed by atoms with Crippen LogP contribution in [-0.2, 0) is 27.6 Å². The van der Waals surface area contributed by atoms with Gasteiger partial charge < -0.3 is 20.7 Å². The van der Waals surface area contributed by atoms with E-state index in [-0.39, 0.29) is 6.73 Å². The van der Waals surface area contributed by atoms with Crippen molar-refractivity contribution < 1.29 is 14.3 Å². The number of nitrogens with one attached hydrogen (secondary N) is 1. The van der Waals surface area contributed by atoms with E-state index in [9.17, 15) is 9.59 Å². The number of nitrogens with zero attached hydrogens (tertiary/aromatic N) is 4. The van der Waals surface area contributed by atoms with Crippen LogP contribution in [0.5, 0.6) is 0 Å². The van der Waals surface area contributed by atoms with Gasteiger partial charge in [0.25, 0.3) is 0 Å². The van der Waals surface area contributed by atoms with E-state index in [2.05, 4.69) is 35.0 Å². The van der Waals surface area contributed by atoms with Crippen LogP contribution in [0.4, 0.5) is 11.5 Å². The number of benzene rings is 2. The van der Waals surface area contributed by atoms with Crippen LogP contribution in [-0.4, -0.2) is 52.7 Å². The van der Waals surface area contributed by atoms with E-state index in [1.807, 2.05) is 49.4 Å². The standard InChI is InChI=1S/C27H34N6O3Si/c1-5-32(17-20-11-8-10-19-9-6-7-12-21(19)20)27(35)26(34)31-23-16-29-25(28)22-15-30-33(24(22)23)18-36-13-14-37(2,3)4/h6-12,15-16H,5,13-14,17-18H2,1-4H3,(H2,28,29)(H,31,34). The van der Waals surface area contributed by atoms with Crippen molar-refractivity contribution >= 4 is 53.1 Å². The molecule has 0 unspecified atom stereocenters. The van der Waals surface area contributed by atoms with Crippen LogP contribution in [0.1, 0.15) is 12.5 Å². The van der Waals surface area contributed by atoms with Crippen LogP contribution < -0.4 is 11.1 Å². The first kappa shape index (κ1) is 26.3. The third kappa shape index (κ3) is 6.15. The van der Waals surface area contributed by atoms with Gasteiger partial charge in [-0.3, -0.25) is 9.59 Å². The maximum Gasteiger partial charge on any atom is 0.314 e. The topological polar surface area (TPSA) is 115 Å². The minimum atomic E-state index is -1.23. The quantitative estimate of drug-likeness (QED) is 0.192. The number of carbonyl (C=O) groups excluding carboxylic acids is 2. The monoisotopic (exact) mass is 518 g/mol. The largest absolute Gasteiger partial charge is 0.383 e. The Kier molecular flexibility index (Phi) is 7.89. The molecule has 2 aromatic carbocycles. The normalized spacial score (nSPS) is 11.7. The third-order valence-corrected chi connectivity index (χ3v) is 7.97. The summed E-state index contributed by atoms with van der Waals surface area (Å²) in [5, 5.41) is 9.84. The lowest BCUT2D eigenvalue weighted by atomic mass is 10.0. The van der Waals surface area contributed by atoms with Crippen molar-refractivity contribution in [3.05, 3.63) is 60.4 Å². The van der Waals surface area contributed by atoms with Crippen molar-refractivity contribution in [3.63, 3.8) is 0 Å². The zero-order valence-electron chi connectivity index (χ0n) is 21.8. The maximum absolute atomic E-state index is 13.2. The molecular weight excluding hydrogens is 484 g/mol. The predicted octanol–water partition coefficient (Wildman–Crippen LogP) is 4.47. The van der Waals surface area contributed by atoms with E-state index in [0.29, 0.717) is 42.1 Å². The van der Waals surface area contributed by atoms with Gasteiger partial charge >= 0.3 is 11.8 Å². The number of nitrogens with two attached hydrogens (primary N) is 1. The fourth-order valence-corrected chi connectivity index (χ4v) is 4.88. The Morgan fingerprint density at radius 2 is 1.84 bits per heavy atom. The van der Waals surface area contributed by atoms with Gasteiger partial charge in [0, 0.05) is 27.8 Å². The first-order chi connectivity index (χ1) is 17.7. The molecule has 2 amide bonds.